The van der Waals surface area contributed by atoms with E-state index in [1.165, 1.54) is 11.6 Å². The summed E-state index contributed by atoms with van der Waals surface area (Å²) in [5, 5.41) is 0. The zero-order chi connectivity index (χ0) is 13.4. The van der Waals surface area contributed by atoms with Crippen molar-refractivity contribution in [3.8, 4) is 0 Å². The van der Waals surface area contributed by atoms with Gasteiger partial charge >= 0.3 is 0 Å². The molecule has 0 spiro atoms. The van der Waals surface area contributed by atoms with Gasteiger partial charge < -0.3 is 5.73 Å². The lowest BCUT2D eigenvalue weighted by molar-refractivity contribution is 0.478. The van der Waals surface area contributed by atoms with E-state index < -0.39 is 17.7 Å². The highest BCUT2D eigenvalue weighted by molar-refractivity contribution is 5.31. The van der Waals surface area contributed by atoms with Gasteiger partial charge in [0.15, 0.2) is 11.6 Å². The molecule has 2 aromatic carbocycles. The fraction of sp³-hybridized carbons (Fsp3) is 0.250. The van der Waals surface area contributed by atoms with E-state index in [9.17, 15) is 8.78 Å². The van der Waals surface area contributed by atoms with Crippen molar-refractivity contribution >= 4 is 0 Å². The highest BCUT2D eigenvalue weighted by Crippen LogP contribution is 2.53. The molecule has 2 aromatic rings. The highest BCUT2D eigenvalue weighted by Gasteiger charge is 2.43. The third-order valence-electron chi connectivity index (χ3n) is 3.87. The lowest BCUT2D eigenvalue weighted by atomic mass is 9.99. The van der Waals surface area contributed by atoms with Crippen LogP contribution in [0.3, 0.4) is 0 Å². The average molecular weight is 259 g/mol. The van der Waals surface area contributed by atoms with Crippen molar-refractivity contribution in [2.75, 3.05) is 0 Å². The smallest absolute Gasteiger partial charge is 0.163 e. The van der Waals surface area contributed by atoms with Crippen molar-refractivity contribution in [2.24, 2.45) is 11.7 Å². The Balaban J connectivity index is 1.80. The zero-order valence-corrected chi connectivity index (χ0v) is 10.4. The fourth-order valence-electron chi connectivity index (χ4n) is 2.70. The Morgan fingerprint density at radius 2 is 1.74 bits per heavy atom. The summed E-state index contributed by atoms with van der Waals surface area (Å²) in [6.45, 7) is 0. The maximum atomic E-state index is 13.7. The number of benzene rings is 2. The topological polar surface area (TPSA) is 26.0 Å². The molecular weight excluding hydrogens is 244 g/mol. The van der Waals surface area contributed by atoms with Crippen molar-refractivity contribution in [1.82, 2.24) is 0 Å². The van der Waals surface area contributed by atoms with Gasteiger partial charge in [-0.25, -0.2) is 8.78 Å². The minimum absolute atomic E-state index is 0.193. The molecule has 2 N–H and O–H groups in total. The fourth-order valence-corrected chi connectivity index (χ4v) is 2.70. The molecule has 0 aliphatic heterocycles. The van der Waals surface area contributed by atoms with Gasteiger partial charge in [-0.1, -0.05) is 42.5 Å². The van der Waals surface area contributed by atoms with Crippen LogP contribution in [0.4, 0.5) is 8.78 Å². The second-order valence-electron chi connectivity index (χ2n) is 5.09. The van der Waals surface area contributed by atoms with Gasteiger partial charge in [-0.15, -0.1) is 0 Å². The second-order valence-corrected chi connectivity index (χ2v) is 5.09. The minimum Gasteiger partial charge on any atom is -0.324 e. The standard InChI is InChI=1S/C16H15F2N/c17-14-8-4-7-11(15(14)18)16(19)13-9-12(13)10-5-2-1-3-6-10/h1-8,12-13,16H,9,19H2. The normalized spacial score (nSPS) is 23.1. The molecule has 3 unspecified atom stereocenters. The SMILES string of the molecule is NC(c1cccc(F)c1F)C1CC1c1ccccc1. The van der Waals surface area contributed by atoms with E-state index in [1.54, 1.807) is 6.07 Å². The van der Waals surface area contributed by atoms with Crippen LogP contribution in [0.5, 0.6) is 0 Å². The molecule has 19 heavy (non-hydrogen) atoms. The van der Waals surface area contributed by atoms with Crippen LogP contribution in [0.25, 0.3) is 0 Å². The number of halogens is 2. The lowest BCUT2D eigenvalue weighted by Gasteiger charge is -2.13. The largest absolute Gasteiger partial charge is 0.324 e. The Morgan fingerprint density at radius 3 is 2.47 bits per heavy atom. The Bertz CT molecular complexity index is 583. The lowest BCUT2D eigenvalue weighted by Crippen LogP contribution is -2.15. The first-order valence-electron chi connectivity index (χ1n) is 6.43. The maximum Gasteiger partial charge on any atom is 0.163 e. The van der Waals surface area contributed by atoms with E-state index in [4.69, 9.17) is 5.73 Å². The highest BCUT2D eigenvalue weighted by atomic mass is 19.2. The molecule has 1 nitrogen and oxygen atoms in total. The van der Waals surface area contributed by atoms with Crippen LogP contribution in [0, 0.1) is 17.6 Å². The molecule has 1 saturated carbocycles. The molecule has 0 aromatic heterocycles. The van der Waals surface area contributed by atoms with E-state index in [0.717, 1.165) is 12.5 Å². The summed E-state index contributed by atoms with van der Waals surface area (Å²) in [6, 6.07) is 13.8. The molecular formula is C16H15F2N. The van der Waals surface area contributed by atoms with Gasteiger partial charge in [0.1, 0.15) is 0 Å². The monoisotopic (exact) mass is 259 g/mol. The number of rotatable bonds is 3. The Morgan fingerprint density at radius 1 is 1.00 bits per heavy atom. The number of nitrogens with two attached hydrogens (primary N) is 1. The summed E-state index contributed by atoms with van der Waals surface area (Å²) >= 11 is 0. The molecule has 0 amide bonds. The quantitative estimate of drug-likeness (QED) is 0.892. The number of hydrogen-bond donors (Lipinski definition) is 1. The molecule has 0 bridgehead atoms. The summed E-state index contributed by atoms with van der Waals surface area (Å²) in [5.74, 6) is -1.09. The first-order valence-corrected chi connectivity index (χ1v) is 6.43. The van der Waals surface area contributed by atoms with E-state index >= 15 is 0 Å². The van der Waals surface area contributed by atoms with Gasteiger partial charge in [-0.2, -0.15) is 0 Å². The number of hydrogen-bond acceptors (Lipinski definition) is 1. The summed E-state index contributed by atoms with van der Waals surface area (Å²) in [6.07, 6.45) is 0.932. The van der Waals surface area contributed by atoms with E-state index in [0.29, 0.717) is 5.92 Å². The second kappa shape index (κ2) is 4.74. The van der Waals surface area contributed by atoms with Gasteiger partial charge in [0.05, 0.1) is 0 Å². The van der Waals surface area contributed by atoms with E-state index in [2.05, 4.69) is 12.1 Å². The third-order valence-corrected chi connectivity index (χ3v) is 3.87. The summed E-state index contributed by atoms with van der Waals surface area (Å²) < 4.78 is 26.9. The Kier molecular flexibility index (Phi) is 3.07. The summed E-state index contributed by atoms with van der Waals surface area (Å²) in [4.78, 5) is 0. The average Bonchev–Trinajstić information content (AvgIpc) is 3.22. The van der Waals surface area contributed by atoms with Gasteiger partial charge in [0.25, 0.3) is 0 Å². The predicted octanol–water partition coefficient (Wildman–Crippen LogP) is 3.77. The predicted molar refractivity (Wildman–Crippen MR) is 70.6 cm³/mol. The third kappa shape index (κ3) is 2.26. The summed E-state index contributed by atoms with van der Waals surface area (Å²) in [5.41, 5.74) is 7.59. The Labute approximate surface area is 111 Å². The molecule has 1 aliphatic rings. The van der Waals surface area contributed by atoms with Gasteiger partial charge in [0.2, 0.25) is 0 Å². The molecule has 0 heterocycles. The Hall–Kier alpha value is -1.74. The van der Waals surface area contributed by atoms with Crippen molar-refractivity contribution in [3.05, 3.63) is 71.3 Å². The molecule has 3 heteroatoms. The van der Waals surface area contributed by atoms with E-state index in [1.807, 2.05) is 18.2 Å². The van der Waals surface area contributed by atoms with Crippen LogP contribution >= 0.6 is 0 Å². The van der Waals surface area contributed by atoms with E-state index in [-0.39, 0.29) is 11.5 Å². The molecule has 0 radical (unpaired) electrons. The van der Waals surface area contributed by atoms with Crippen LogP contribution in [0.2, 0.25) is 0 Å². The van der Waals surface area contributed by atoms with Crippen LogP contribution < -0.4 is 5.73 Å². The molecule has 1 fully saturated rings. The molecule has 1 aliphatic carbocycles. The van der Waals surface area contributed by atoms with Crippen LogP contribution in [-0.4, -0.2) is 0 Å². The van der Waals surface area contributed by atoms with Gasteiger partial charge in [-0.3, -0.25) is 0 Å². The van der Waals surface area contributed by atoms with Gasteiger partial charge in [0, 0.05) is 11.6 Å². The van der Waals surface area contributed by atoms with Crippen molar-refractivity contribution in [3.63, 3.8) is 0 Å². The zero-order valence-electron chi connectivity index (χ0n) is 10.4. The first-order chi connectivity index (χ1) is 9.18. The minimum atomic E-state index is -0.829. The summed E-state index contributed by atoms with van der Waals surface area (Å²) in [7, 11) is 0. The molecule has 3 atom stereocenters. The van der Waals surface area contributed by atoms with Gasteiger partial charge in [-0.05, 0) is 29.9 Å². The first kappa shape index (κ1) is 12.3. The maximum absolute atomic E-state index is 13.7. The van der Waals surface area contributed by atoms with Crippen molar-refractivity contribution < 1.29 is 8.78 Å². The van der Waals surface area contributed by atoms with Crippen molar-refractivity contribution in [1.29, 1.82) is 0 Å². The van der Waals surface area contributed by atoms with Crippen LogP contribution in [0.15, 0.2) is 48.5 Å². The molecule has 98 valence electrons. The van der Waals surface area contributed by atoms with Crippen LogP contribution in [-0.2, 0) is 0 Å². The molecule has 3 rings (SSSR count). The van der Waals surface area contributed by atoms with Crippen LogP contribution in [0.1, 0.15) is 29.5 Å². The molecule has 0 saturated heterocycles. The van der Waals surface area contributed by atoms with Crippen molar-refractivity contribution in [2.45, 2.75) is 18.4 Å².